The SMILES string of the molecule is CCCCCCCCCCC(O)CCCS(=O)(=O)O. The summed E-state index contributed by atoms with van der Waals surface area (Å²) in [5.41, 5.74) is 0. The van der Waals surface area contributed by atoms with Crippen LogP contribution in [-0.2, 0) is 10.1 Å². The predicted molar refractivity (Wildman–Crippen MR) is 78.9 cm³/mol. The fourth-order valence-corrected chi connectivity index (χ4v) is 2.69. The first kappa shape index (κ1) is 18.9. The van der Waals surface area contributed by atoms with Crippen LogP contribution in [0.5, 0.6) is 0 Å². The lowest BCUT2D eigenvalue weighted by Crippen LogP contribution is -2.10. The van der Waals surface area contributed by atoms with Crippen molar-refractivity contribution >= 4 is 10.1 Å². The standard InChI is InChI=1S/C14H30O4S/c1-2-3-4-5-6-7-8-9-11-14(15)12-10-13-19(16,17)18/h14-15H,2-13H2,1H3,(H,16,17,18). The average Bonchev–Trinajstić information content (AvgIpc) is 2.31. The van der Waals surface area contributed by atoms with Crippen molar-refractivity contribution in [3.8, 4) is 0 Å². The van der Waals surface area contributed by atoms with Gasteiger partial charge in [-0.25, -0.2) is 0 Å². The first-order valence-corrected chi connectivity index (χ1v) is 9.20. The summed E-state index contributed by atoms with van der Waals surface area (Å²) in [7, 11) is -3.87. The Labute approximate surface area is 118 Å². The quantitative estimate of drug-likeness (QED) is 0.402. The summed E-state index contributed by atoms with van der Waals surface area (Å²) < 4.78 is 29.5. The zero-order valence-electron chi connectivity index (χ0n) is 12.2. The molecule has 2 N–H and O–H groups in total. The van der Waals surface area contributed by atoms with E-state index < -0.39 is 16.2 Å². The maximum Gasteiger partial charge on any atom is 0.264 e. The summed E-state index contributed by atoms with van der Waals surface area (Å²) in [4.78, 5) is 0. The van der Waals surface area contributed by atoms with Crippen LogP contribution in [0, 0.1) is 0 Å². The monoisotopic (exact) mass is 294 g/mol. The van der Waals surface area contributed by atoms with Gasteiger partial charge in [-0.15, -0.1) is 0 Å². The molecule has 0 saturated carbocycles. The fraction of sp³-hybridized carbons (Fsp3) is 1.00. The zero-order valence-corrected chi connectivity index (χ0v) is 13.0. The molecule has 0 fully saturated rings. The van der Waals surface area contributed by atoms with Gasteiger partial charge in [0.1, 0.15) is 0 Å². The van der Waals surface area contributed by atoms with E-state index in [1.54, 1.807) is 0 Å². The molecular weight excluding hydrogens is 264 g/mol. The summed E-state index contributed by atoms with van der Waals surface area (Å²) >= 11 is 0. The van der Waals surface area contributed by atoms with Gasteiger partial charge in [-0.1, -0.05) is 58.3 Å². The molecule has 0 aliphatic rings. The molecule has 0 radical (unpaired) electrons. The molecule has 0 aliphatic carbocycles. The number of hydrogen-bond acceptors (Lipinski definition) is 3. The van der Waals surface area contributed by atoms with E-state index in [0.29, 0.717) is 12.8 Å². The van der Waals surface area contributed by atoms with Crippen molar-refractivity contribution in [3.05, 3.63) is 0 Å². The van der Waals surface area contributed by atoms with Gasteiger partial charge < -0.3 is 5.11 Å². The van der Waals surface area contributed by atoms with Crippen LogP contribution in [0.1, 0.15) is 77.6 Å². The molecular formula is C14H30O4S. The van der Waals surface area contributed by atoms with Crippen molar-refractivity contribution in [2.24, 2.45) is 0 Å². The van der Waals surface area contributed by atoms with Crippen LogP contribution in [-0.4, -0.2) is 29.9 Å². The van der Waals surface area contributed by atoms with Gasteiger partial charge in [-0.2, -0.15) is 8.42 Å². The van der Waals surface area contributed by atoms with Crippen LogP contribution >= 0.6 is 0 Å². The number of unbranched alkanes of at least 4 members (excludes halogenated alkanes) is 7. The molecule has 0 aromatic heterocycles. The highest BCUT2D eigenvalue weighted by Crippen LogP contribution is 2.12. The van der Waals surface area contributed by atoms with Gasteiger partial charge in [0, 0.05) is 0 Å². The maximum atomic E-state index is 10.5. The summed E-state index contributed by atoms with van der Waals surface area (Å²) in [6.45, 7) is 2.21. The third-order valence-electron chi connectivity index (χ3n) is 3.33. The third kappa shape index (κ3) is 15.8. The molecule has 0 aromatic carbocycles. The number of hydrogen-bond donors (Lipinski definition) is 2. The molecule has 19 heavy (non-hydrogen) atoms. The summed E-state index contributed by atoms with van der Waals surface area (Å²) in [6, 6.07) is 0. The lowest BCUT2D eigenvalue weighted by molar-refractivity contribution is 0.150. The Hall–Kier alpha value is -0.130. The molecule has 1 atom stereocenters. The second-order valence-corrected chi connectivity index (χ2v) is 6.92. The van der Waals surface area contributed by atoms with Crippen molar-refractivity contribution in [2.75, 3.05) is 5.75 Å². The van der Waals surface area contributed by atoms with Gasteiger partial charge >= 0.3 is 0 Å². The van der Waals surface area contributed by atoms with Crippen LogP contribution in [0.3, 0.4) is 0 Å². The second-order valence-electron chi connectivity index (χ2n) is 5.35. The summed E-state index contributed by atoms with van der Waals surface area (Å²) in [5, 5.41) is 9.64. The zero-order chi connectivity index (χ0) is 14.6. The van der Waals surface area contributed by atoms with Crippen LogP contribution in [0.4, 0.5) is 0 Å². The first-order valence-electron chi connectivity index (χ1n) is 7.59. The van der Waals surface area contributed by atoms with E-state index in [0.717, 1.165) is 19.3 Å². The Bertz CT molecular complexity index is 288. The Morgan fingerprint density at radius 3 is 1.84 bits per heavy atom. The smallest absolute Gasteiger partial charge is 0.264 e. The van der Waals surface area contributed by atoms with Crippen LogP contribution in [0.2, 0.25) is 0 Å². The Morgan fingerprint density at radius 2 is 1.32 bits per heavy atom. The molecule has 0 saturated heterocycles. The molecule has 4 nitrogen and oxygen atoms in total. The molecule has 0 rings (SSSR count). The van der Waals surface area contributed by atoms with E-state index >= 15 is 0 Å². The lowest BCUT2D eigenvalue weighted by atomic mass is 10.0. The van der Waals surface area contributed by atoms with E-state index in [9.17, 15) is 13.5 Å². The molecule has 5 heteroatoms. The lowest BCUT2D eigenvalue weighted by Gasteiger charge is -2.09. The largest absolute Gasteiger partial charge is 0.393 e. The van der Waals surface area contributed by atoms with Gasteiger partial charge in [0.25, 0.3) is 10.1 Å². The van der Waals surface area contributed by atoms with Crippen molar-refractivity contribution < 1.29 is 18.1 Å². The molecule has 0 aliphatic heterocycles. The second kappa shape index (κ2) is 11.7. The summed E-state index contributed by atoms with van der Waals surface area (Å²) in [5.74, 6) is -0.249. The highest BCUT2D eigenvalue weighted by Gasteiger charge is 2.08. The Morgan fingerprint density at radius 1 is 0.842 bits per heavy atom. The first-order chi connectivity index (χ1) is 8.95. The molecule has 116 valence electrons. The minimum absolute atomic E-state index is 0.249. The molecule has 0 aromatic rings. The van der Waals surface area contributed by atoms with Gasteiger partial charge in [-0.05, 0) is 19.3 Å². The molecule has 0 spiro atoms. The fourth-order valence-electron chi connectivity index (χ4n) is 2.16. The summed E-state index contributed by atoms with van der Waals surface area (Å²) in [6.07, 6.45) is 11.0. The van der Waals surface area contributed by atoms with E-state index in [1.807, 2.05) is 0 Å². The normalized spacial score (nSPS) is 13.6. The maximum absolute atomic E-state index is 10.5. The number of rotatable bonds is 13. The van der Waals surface area contributed by atoms with E-state index in [2.05, 4.69) is 6.92 Å². The number of aliphatic hydroxyl groups excluding tert-OH is 1. The molecule has 0 bridgehead atoms. The van der Waals surface area contributed by atoms with Crippen molar-refractivity contribution in [1.29, 1.82) is 0 Å². The average molecular weight is 294 g/mol. The molecule has 1 unspecified atom stereocenters. The van der Waals surface area contributed by atoms with Crippen LogP contribution in [0.25, 0.3) is 0 Å². The molecule has 0 heterocycles. The highest BCUT2D eigenvalue weighted by atomic mass is 32.2. The number of aliphatic hydroxyl groups is 1. The van der Waals surface area contributed by atoms with Gasteiger partial charge in [0.05, 0.1) is 11.9 Å². The van der Waals surface area contributed by atoms with Crippen molar-refractivity contribution in [1.82, 2.24) is 0 Å². The topological polar surface area (TPSA) is 74.6 Å². The minimum atomic E-state index is -3.87. The molecule has 0 amide bonds. The van der Waals surface area contributed by atoms with E-state index in [1.165, 1.54) is 38.5 Å². The Balaban J connectivity index is 3.27. The van der Waals surface area contributed by atoms with Crippen LogP contribution < -0.4 is 0 Å². The predicted octanol–water partition coefficient (Wildman–Crippen LogP) is 3.55. The highest BCUT2D eigenvalue weighted by molar-refractivity contribution is 7.85. The minimum Gasteiger partial charge on any atom is -0.393 e. The Kier molecular flexibility index (Phi) is 11.6. The van der Waals surface area contributed by atoms with Gasteiger partial charge in [-0.3, -0.25) is 4.55 Å². The van der Waals surface area contributed by atoms with Crippen molar-refractivity contribution in [2.45, 2.75) is 83.7 Å². The van der Waals surface area contributed by atoms with Gasteiger partial charge in [0.15, 0.2) is 0 Å². The van der Waals surface area contributed by atoms with Gasteiger partial charge in [0.2, 0.25) is 0 Å². The van der Waals surface area contributed by atoms with E-state index in [4.69, 9.17) is 4.55 Å². The van der Waals surface area contributed by atoms with Crippen LogP contribution in [0.15, 0.2) is 0 Å². The van der Waals surface area contributed by atoms with E-state index in [-0.39, 0.29) is 5.75 Å². The third-order valence-corrected chi connectivity index (χ3v) is 4.14. The van der Waals surface area contributed by atoms with Crippen molar-refractivity contribution in [3.63, 3.8) is 0 Å².